The van der Waals surface area contributed by atoms with Gasteiger partial charge >= 0.3 is 11.9 Å². The molecule has 2 aliphatic rings. The molecule has 0 aromatic heterocycles. The Balaban J connectivity index is 0.000000332. The molecule has 2 aromatic rings. The van der Waals surface area contributed by atoms with Gasteiger partial charge in [0.25, 0.3) is 0 Å². The van der Waals surface area contributed by atoms with E-state index in [2.05, 4.69) is 5.32 Å². The molecule has 4 rings (SSSR count). The van der Waals surface area contributed by atoms with Crippen LogP contribution in [0.25, 0.3) is 0 Å². The summed E-state index contributed by atoms with van der Waals surface area (Å²) in [5, 5.41) is 21.6. The topological polar surface area (TPSA) is 108 Å². The molecule has 0 radical (unpaired) electrons. The molecular formula is C27H40N2O6. The molecule has 2 aliphatic heterocycles. The summed E-state index contributed by atoms with van der Waals surface area (Å²) in [6, 6.07) is 18.4. The summed E-state index contributed by atoms with van der Waals surface area (Å²) >= 11 is 0. The Bertz CT molecular complexity index is 880. The summed E-state index contributed by atoms with van der Waals surface area (Å²) in [4.78, 5) is 25.2. The molecule has 0 bridgehead atoms. The van der Waals surface area contributed by atoms with Crippen molar-refractivity contribution in [2.24, 2.45) is 0 Å². The first kappa shape index (κ1) is 30.3. The average molecular weight is 489 g/mol. The maximum absolute atomic E-state index is 11.8. The molecule has 8 heteroatoms. The lowest BCUT2D eigenvalue weighted by Crippen LogP contribution is -2.34. The van der Waals surface area contributed by atoms with Gasteiger partial charge in [-0.25, -0.2) is 0 Å². The molecule has 4 unspecified atom stereocenters. The maximum Gasteiger partial charge on any atom is 0.323 e. The Labute approximate surface area is 208 Å². The van der Waals surface area contributed by atoms with E-state index in [1.54, 1.807) is 0 Å². The minimum Gasteiger partial charge on any atom is -0.460 e. The Morgan fingerprint density at radius 3 is 1.80 bits per heavy atom. The van der Waals surface area contributed by atoms with Gasteiger partial charge in [0, 0.05) is 25.9 Å². The maximum atomic E-state index is 11.8. The standard InChI is InChI=1S/C13H17NO3.C12H15NO3.2CH4/c1-14-8-11(15)7-12(14)13(16)17-9-10-5-3-2-4-6-10;14-10-6-11(13-7-10)12(15)16-8-9-4-2-1-3-5-9;;/h2-6,11-12,15H,7-9H2,1H3;1-5,10-11,13-14H,6-8H2;2*1H4. The van der Waals surface area contributed by atoms with E-state index in [-0.39, 0.29) is 45.5 Å². The van der Waals surface area contributed by atoms with Gasteiger partial charge in [0.1, 0.15) is 25.3 Å². The Morgan fingerprint density at radius 1 is 0.857 bits per heavy atom. The van der Waals surface area contributed by atoms with E-state index in [0.29, 0.717) is 32.5 Å². The third-order valence-corrected chi connectivity index (χ3v) is 5.64. The largest absolute Gasteiger partial charge is 0.460 e. The monoisotopic (exact) mass is 488 g/mol. The van der Waals surface area contributed by atoms with Crippen molar-refractivity contribution in [2.75, 3.05) is 20.1 Å². The van der Waals surface area contributed by atoms with E-state index in [0.717, 1.165) is 11.1 Å². The van der Waals surface area contributed by atoms with Gasteiger partial charge in [-0.15, -0.1) is 0 Å². The second kappa shape index (κ2) is 15.3. The van der Waals surface area contributed by atoms with Crippen LogP contribution in [0, 0.1) is 0 Å². The number of benzene rings is 2. The van der Waals surface area contributed by atoms with Crippen LogP contribution in [0.3, 0.4) is 0 Å². The van der Waals surface area contributed by atoms with Crippen molar-refractivity contribution in [2.45, 2.75) is 65.2 Å². The highest BCUT2D eigenvalue weighted by molar-refractivity contribution is 5.76. The van der Waals surface area contributed by atoms with Crippen molar-refractivity contribution in [3.63, 3.8) is 0 Å². The second-order valence-electron chi connectivity index (χ2n) is 8.38. The van der Waals surface area contributed by atoms with E-state index >= 15 is 0 Å². The summed E-state index contributed by atoms with van der Waals surface area (Å²) in [7, 11) is 1.82. The number of likely N-dealkylation sites (tertiary alicyclic amines) is 1. The van der Waals surface area contributed by atoms with Crippen LogP contribution in [0.4, 0.5) is 0 Å². The molecule has 2 aromatic carbocycles. The molecule has 0 spiro atoms. The summed E-state index contributed by atoms with van der Waals surface area (Å²) < 4.78 is 10.4. The van der Waals surface area contributed by atoms with E-state index in [4.69, 9.17) is 9.47 Å². The smallest absolute Gasteiger partial charge is 0.323 e. The molecule has 2 heterocycles. The predicted octanol–water partition coefficient (Wildman–Crippen LogP) is 2.52. The fraction of sp³-hybridized carbons (Fsp3) is 0.481. The quantitative estimate of drug-likeness (QED) is 0.533. The van der Waals surface area contributed by atoms with Crippen molar-refractivity contribution in [3.8, 4) is 0 Å². The van der Waals surface area contributed by atoms with Crippen LogP contribution >= 0.6 is 0 Å². The minimum atomic E-state index is -0.436. The first-order chi connectivity index (χ1) is 15.9. The van der Waals surface area contributed by atoms with Gasteiger partial charge < -0.3 is 25.0 Å². The van der Waals surface area contributed by atoms with Crippen LogP contribution in [-0.2, 0) is 32.3 Å². The first-order valence-corrected chi connectivity index (χ1v) is 11.1. The lowest BCUT2D eigenvalue weighted by molar-refractivity contribution is -0.150. The number of ether oxygens (including phenoxy) is 2. The molecule has 0 amide bonds. The Hall–Kier alpha value is -2.78. The third kappa shape index (κ3) is 9.78. The molecule has 0 aliphatic carbocycles. The zero-order valence-electron chi connectivity index (χ0n) is 18.8. The molecule has 35 heavy (non-hydrogen) atoms. The molecule has 3 N–H and O–H groups in total. The van der Waals surface area contributed by atoms with Crippen LogP contribution in [-0.4, -0.2) is 71.5 Å². The Kier molecular flexibility index (Phi) is 13.2. The van der Waals surface area contributed by atoms with Gasteiger partial charge in [-0.3, -0.25) is 14.5 Å². The highest BCUT2D eigenvalue weighted by Crippen LogP contribution is 2.17. The average Bonchev–Trinajstić information content (AvgIpc) is 3.42. The zero-order chi connectivity index (χ0) is 23.6. The SMILES string of the molecule is C.C.CN1CC(O)CC1C(=O)OCc1ccccc1.O=C(OCc1ccccc1)C1CC(O)CN1. The van der Waals surface area contributed by atoms with Crippen LogP contribution in [0.2, 0.25) is 0 Å². The van der Waals surface area contributed by atoms with E-state index in [1.165, 1.54) is 0 Å². The number of nitrogens with zero attached hydrogens (tertiary/aromatic N) is 1. The number of carbonyl (C=O) groups excluding carboxylic acids is 2. The number of aliphatic hydroxyl groups is 2. The van der Waals surface area contributed by atoms with E-state index < -0.39 is 12.2 Å². The summed E-state index contributed by atoms with van der Waals surface area (Å²) in [6.45, 7) is 1.57. The van der Waals surface area contributed by atoms with Crippen LogP contribution in [0.5, 0.6) is 0 Å². The highest BCUT2D eigenvalue weighted by atomic mass is 16.5. The summed E-state index contributed by atoms with van der Waals surface area (Å²) in [6.07, 6.45) is 0.0427. The van der Waals surface area contributed by atoms with Crippen molar-refractivity contribution < 1.29 is 29.3 Å². The molecule has 2 fully saturated rings. The number of hydrogen-bond donors (Lipinski definition) is 3. The number of hydrogen-bond acceptors (Lipinski definition) is 8. The van der Waals surface area contributed by atoms with Crippen molar-refractivity contribution in [3.05, 3.63) is 71.8 Å². The zero-order valence-corrected chi connectivity index (χ0v) is 18.8. The first-order valence-electron chi connectivity index (χ1n) is 11.1. The van der Waals surface area contributed by atoms with Gasteiger partial charge in [-0.1, -0.05) is 75.5 Å². The number of aliphatic hydroxyl groups excluding tert-OH is 2. The summed E-state index contributed by atoms with van der Waals surface area (Å²) in [5.41, 5.74) is 1.94. The molecule has 194 valence electrons. The van der Waals surface area contributed by atoms with Gasteiger partial charge in [-0.05, 0) is 18.2 Å². The van der Waals surface area contributed by atoms with Crippen LogP contribution in [0.1, 0.15) is 38.8 Å². The molecule has 0 saturated carbocycles. The number of nitrogens with one attached hydrogen (secondary N) is 1. The third-order valence-electron chi connectivity index (χ3n) is 5.64. The molecular weight excluding hydrogens is 448 g/mol. The lowest BCUT2D eigenvalue weighted by atomic mass is 10.2. The number of carbonyl (C=O) groups is 2. The Morgan fingerprint density at radius 2 is 1.37 bits per heavy atom. The van der Waals surface area contributed by atoms with E-state index in [9.17, 15) is 19.8 Å². The predicted molar refractivity (Wildman–Crippen MR) is 135 cm³/mol. The lowest BCUT2D eigenvalue weighted by Gasteiger charge is -2.17. The number of likely N-dealkylation sites (N-methyl/N-ethyl adjacent to an activating group) is 1. The normalized spacial score (nSPS) is 23.2. The number of β-amino-alcohol motifs (C(OH)–C–C–N with tert-alkyl or cyclic N) is 2. The van der Waals surface area contributed by atoms with Gasteiger partial charge in [0.2, 0.25) is 0 Å². The molecule has 2 saturated heterocycles. The molecule has 8 nitrogen and oxygen atoms in total. The molecule has 4 atom stereocenters. The van der Waals surface area contributed by atoms with Gasteiger partial charge in [0.15, 0.2) is 0 Å². The van der Waals surface area contributed by atoms with Crippen molar-refractivity contribution in [1.82, 2.24) is 10.2 Å². The fourth-order valence-corrected chi connectivity index (χ4v) is 3.80. The van der Waals surface area contributed by atoms with Gasteiger partial charge in [-0.2, -0.15) is 0 Å². The van der Waals surface area contributed by atoms with Gasteiger partial charge in [0.05, 0.1) is 12.2 Å². The highest BCUT2D eigenvalue weighted by Gasteiger charge is 2.34. The van der Waals surface area contributed by atoms with Crippen LogP contribution in [0.15, 0.2) is 60.7 Å². The van der Waals surface area contributed by atoms with Crippen molar-refractivity contribution >= 4 is 11.9 Å². The fourth-order valence-electron chi connectivity index (χ4n) is 3.80. The number of rotatable bonds is 6. The van der Waals surface area contributed by atoms with Crippen molar-refractivity contribution in [1.29, 1.82) is 0 Å². The second-order valence-corrected chi connectivity index (χ2v) is 8.38. The number of esters is 2. The minimum absolute atomic E-state index is 0. The van der Waals surface area contributed by atoms with E-state index in [1.807, 2.05) is 72.6 Å². The summed E-state index contributed by atoms with van der Waals surface area (Å²) in [5.74, 6) is -0.548. The van der Waals surface area contributed by atoms with Crippen LogP contribution < -0.4 is 5.32 Å².